The minimum Gasteiger partial charge on any atom is -0.504 e. The van der Waals surface area contributed by atoms with E-state index in [1.165, 1.54) is 6.54 Å². The molecule has 0 atom stereocenters. The minimum absolute atomic E-state index is 0.225. The normalized spacial score (nSPS) is 17.6. The van der Waals surface area contributed by atoms with Crippen molar-refractivity contribution < 1.29 is 9.84 Å². The van der Waals surface area contributed by atoms with E-state index in [9.17, 15) is 5.11 Å². The number of nitrogens with zero attached hydrogens (tertiary/aromatic N) is 2. The first-order chi connectivity index (χ1) is 9.58. The molecule has 0 amide bonds. The van der Waals surface area contributed by atoms with Crippen LogP contribution in [0, 0.1) is 5.92 Å². The van der Waals surface area contributed by atoms with E-state index in [1.54, 1.807) is 13.2 Å². The zero-order valence-corrected chi connectivity index (χ0v) is 12.8. The number of methoxy groups -OCH3 is 1. The van der Waals surface area contributed by atoms with Crippen LogP contribution in [0.3, 0.4) is 0 Å². The minimum atomic E-state index is 0.225. The van der Waals surface area contributed by atoms with E-state index in [0.29, 0.717) is 5.75 Å². The molecule has 0 spiro atoms. The van der Waals surface area contributed by atoms with E-state index < -0.39 is 0 Å². The lowest BCUT2D eigenvalue weighted by atomic mass is 10.1. The maximum atomic E-state index is 9.81. The number of hydrogen-bond acceptors (Lipinski definition) is 4. The van der Waals surface area contributed by atoms with Crippen LogP contribution in [0.4, 0.5) is 0 Å². The zero-order chi connectivity index (χ0) is 14.5. The van der Waals surface area contributed by atoms with Gasteiger partial charge in [0.1, 0.15) is 0 Å². The number of rotatable bonds is 5. The Kier molecular flexibility index (Phi) is 5.26. The predicted molar refractivity (Wildman–Crippen MR) is 81.2 cm³/mol. The first-order valence-electron chi connectivity index (χ1n) is 7.39. The molecule has 20 heavy (non-hydrogen) atoms. The number of phenols is 1. The van der Waals surface area contributed by atoms with Crippen molar-refractivity contribution in [2.24, 2.45) is 5.92 Å². The zero-order valence-electron chi connectivity index (χ0n) is 12.8. The van der Waals surface area contributed by atoms with Gasteiger partial charge in [0.05, 0.1) is 7.11 Å². The lowest BCUT2D eigenvalue weighted by molar-refractivity contribution is 0.117. The Labute approximate surface area is 122 Å². The van der Waals surface area contributed by atoms with Crippen LogP contribution in [0.2, 0.25) is 0 Å². The Morgan fingerprint density at radius 2 is 1.80 bits per heavy atom. The molecule has 1 fully saturated rings. The Hall–Kier alpha value is -1.26. The van der Waals surface area contributed by atoms with Gasteiger partial charge in [0, 0.05) is 39.3 Å². The van der Waals surface area contributed by atoms with Crippen LogP contribution < -0.4 is 4.74 Å². The van der Waals surface area contributed by atoms with Crippen molar-refractivity contribution in [2.75, 3.05) is 39.8 Å². The molecular weight excluding hydrogens is 252 g/mol. The van der Waals surface area contributed by atoms with Crippen LogP contribution in [0.1, 0.15) is 19.4 Å². The molecule has 1 aromatic carbocycles. The fourth-order valence-corrected chi connectivity index (χ4v) is 2.74. The molecule has 0 aromatic heterocycles. The standard InChI is InChI=1S/C16H26N2O2/c1-13(2)11-17-6-8-18(9-7-17)12-14-4-5-16(20-3)15(19)10-14/h4-5,10,13,19H,6-9,11-12H2,1-3H3. The van der Waals surface area contributed by atoms with Crippen molar-refractivity contribution in [1.29, 1.82) is 0 Å². The molecule has 1 aliphatic rings. The Balaban J connectivity index is 1.85. The van der Waals surface area contributed by atoms with Crippen molar-refractivity contribution in [3.8, 4) is 11.5 Å². The van der Waals surface area contributed by atoms with Crippen molar-refractivity contribution in [3.63, 3.8) is 0 Å². The van der Waals surface area contributed by atoms with E-state index in [2.05, 4.69) is 23.6 Å². The van der Waals surface area contributed by atoms with Crippen LogP contribution in [0.15, 0.2) is 18.2 Å². The van der Waals surface area contributed by atoms with Gasteiger partial charge >= 0.3 is 0 Å². The van der Waals surface area contributed by atoms with Crippen molar-refractivity contribution >= 4 is 0 Å². The molecule has 1 heterocycles. The fraction of sp³-hybridized carbons (Fsp3) is 0.625. The molecule has 1 saturated heterocycles. The molecule has 0 unspecified atom stereocenters. The summed E-state index contributed by atoms with van der Waals surface area (Å²) in [6.07, 6.45) is 0. The molecule has 1 aliphatic heterocycles. The maximum Gasteiger partial charge on any atom is 0.160 e. The van der Waals surface area contributed by atoms with Gasteiger partial charge in [-0.2, -0.15) is 0 Å². The summed E-state index contributed by atoms with van der Waals surface area (Å²) in [6, 6.07) is 5.66. The average Bonchev–Trinajstić information content (AvgIpc) is 2.41. The Bertz CT molecular complexity index is 426. The van der Waals surface area contributed by atoms with Crippen LogP contribution in [-0.2, 0) is 6.54 Å². The van der Waals surface area contributed by atoms with E-state index in [4.69, 9.17) is 4.74 Å². The largest absolute Gasteiger partial charge is 0.504 e. The predicted octanol–water partition coefficient (Wildman–Crippen LogP) is 2.17. The van der Waals surface area contributed by atoms with Gasteiger partial charge in [0.25, 0.3) is 0 Å². The van der Waals surface area contributed by atoms with E-state index in [0.717, 1.165) is 44.2 Å². The fourth-order valence-electron chi connectivity index (χ4n) is 2.74. The molecule has 0 saturated carbocycles. The summed E-state index contributed by atoms with van der Waals surface area (Å²) in [5.41, 5.74) is 1.14. The maximum absolute atomic E-state index is 9.81. The van der Waals surface area contributed by atoms with Crippen molar-refractivity contribution in [3.05, 3.63) is 23.8 Å². The monoisotopic (exact) mass is 278 g/mol. The first kappa shape index (κ1) is 15.1. The molecular formula is C16H26N2O2. The van der Waals surface area contributed by atoms with Crippen LogP contribution in [0.5, 0.6) is 11.5 Å². The van der Waals surface area contributed by atoms with Gasteiger partial charge < -0.3 is 14.7 Å². The smallest absolute Gasteiger partial charge is 0.160 e. The molecule has 0 aliphatic carbocycles. The topological polar surface area (TPSA) is 35.9 Å². The summed E-state index contributed by atoms with van der Waals surface area (Å²) >= 11 is 0. The number of benzene rings is 1. The summed E-state index contributed by atoms with van der Waals surface area (Å²) in [7, 11) is 1.57. The summed E-state index contributed by atoms with van der Waals surface area (Å²) < 4.78 is 5.07. The van der Waals surface area contributed by atoms with E-state index in [1.807, 2.05) is 12.1 Å². The molecule has 0 radical (unpaired) electrons. The number of ether oxygens (including phenoxy) is 1. The third-order valence-corrected chi connectivity index (χ3v) is 3.74. The van der Waals surface area contributed by atoms with E-state index in [-0.39, 0.29) is 5.75 Å². The van der Waals surface area contributed by atoms with Gasteiger partial charge in [0.2, 0.25) is 0 Å². The van der Waals surface area contributed by atoms with Crippen LogP contribution >= 0.6 is 0 Å². The number of phenolic OH excluding ortho intramolecular Hbond substituents is 1. The molecule has 4 heteroatoms. The number of piperazine rings is 1. The summed E-state index contributed by atoms with van der Waals surface area (Å²) in [5.74, 6) is 1.50. The molecule has 4 nitrogen and oxygen atoms in total. The van der Waals surface area contributed by atoms with Gasteiger partial charge in [-0.15, -0.1) is 0 Å². The quantitative estimate of drug-likeness (QED) is 0.895. The third kappa shape index (κ3) is 4.12. The molecule has 1 N–H and O–H groups in total. The Morgan fingerprint density at radius 1 is 1.15 bits per heavy atom. The second-order valence-corrected chi connectivity index (χ2v) is 5.98. The van der Waals surface area contributed by atoms with Crippen molar-refractivity contribution in [1.82, 2.24) is 9.80 Å². The van der Waals surface area contributed by atoms with Gasteiger partial charge in [-0.25, -0.2) is 0 Å². The number of hydrogen-bond donors (Lipinski definition) is 1. The highest BCUT2D eigenvalue weighted by molar-refractivity contribution is 5.41. The van der Waals surface area contributed by atoms with Gasteiger partial charge in [-0.3, -0.25) is 4.90 Å². The Morgan fingerprint density at radius 3 is 2.35 bits per heavy atom. The second-order valence-electron chi connectivity index (χ2n) is 5.98. The highest BCUT2D eigenvalue weighted by atomic mass is 16.5. The SMILES string of the molecule is COc1ccc(CN2CCN(CC(C)C)CC2)cc1O. The summed E-state index contributed by atoms with van der Waals surface area (Å²) in [4.78, 5) is 4.98. The molecule has 0 bridgehead atoms. The molecule has 2 rings (SSSR count). The van der Waals surface area contributed by atoms with Gasteiger partial charge in [0.15, 0.2) is 11.5 Å². The highest BCUT2D eigenvalue weighted by Crippen LogP contribution is 2.26. The first-order valence-corrected chi connectivity index (χ1v) is 7.39. The van der Waals surface area contributed by atoms with Crippen LogP contribution in [0.25, 0.3) is 0 Å². The highest BCUT2D eigenvalue weighted by Gasteiger charge is 2.17. The van der Waals surface area contributed by atoms with E-state index >= 15 is 0 Å². The van der Waals surface area contributed by atoms with Gasteiger partial charge in [-0.05, 0) is 23.6 Å². The molecule has 112 valence electrons. The van der Waals surface area contributed by atoms with Crippen LogP contribution in [-0.4, -0.2) is 54.7 Å². The van der Waals surface area contributed by atoms with Crippen molar-refractivity contribution in [2.45, 2.75) is 20.4 Å². The third-order valence-electron chi connectivity index (χ3n) is 3.74. The number of aromatic hydroxyl groups is 1. The summed E-state index contributed by atoms with van der Waals surface area (Å²) in [5, 5.41) is 9.81. The summed E-state index contributed by atoms with van der Waals surface area (Å²) in [6.45, 7) is 11.1. The van der Waals surface area contributed by atoms with Gasteiger partial charge in [-0.1, -0.05) is 19.9 Å². The lowest BCUT2D eigenvalue weighted by Gasteiger charge is -2.35. The lowest BCUT2D eigenvalue weighted by Crippen LogP contribution is -2.46. The second kappa shape index (κ2) is 6.95. The molecule has 1 aromatic rings. The average molecular weight is 278 g/mol.